The zero-order valence-corrected chi connectivity index (χ0v) is 17.0. The van der Waals surface area contributed by atoms with Crippen molar-refractivity contribution in [3.05, 3.63) is 53.3 Å². The first-order chi connectivity index (χ1) is 14.0. The van der Waals surface area contributed by atoms with Gasteiger partial charge in [-0.2, -0.15) is 4.31 Å². The van der Waals surface area contributed by atoms with Crippen LogP contribution >= 0.6 is 0 Å². The van der Waals surface area contributed by atoms with Gasteiger partial charge in [-0.3, -0.25) is 0 Å². The Morgan fingerprint density at radius 2 is 1.90 bits per heavy atom. The standard InChI is InChI=1S/C20H23FN2O5S/c1-26-18-2-4-19(5-3-18)29(24,25)23-8-6-22(7-9-23)12-15-10-17(21)11-16-13-27-14-28-20(15)16/h2-5,10-11H,6-9,12-14H2,1H3/p+1. The Labute approximate surface area is 169 Å². The van der Waals surface area contributed by atoms with Crippen LogP contribution in [-0.4, -0.2) is 52.8 Å². The van der Waals surface area contributed by atoms with E-state index in [2.05, 4.69) is 0 Å². The van der Waals surface area contributed by atoms with Crippen molar-refractivity contribution < 1.29 is 31.9 Å². The average Bonchev–Trinajstić information content (AvgIpc) is 2.74. The van der Waals surface area contributed by atoms with Gasteiger partial charge in [-0.15, -0.1) is 0 Å². The molecule has 2 aliphatic heterocycles. The van der Waals surface area contributed by atoms with Crippen molar-refractivity contribution in [1.29, 1.82) is 0 Å². The van der Waals surface area contributed by atoms with Gasteiger partial charge in [0.1, 0.15) is 23.9 Å². The third-order valence-electron chi connectivity index (χ3n) is 5.32. The van der Waals surface area contributed by atoms with Gasteiger partial charge in [-0.25, -0.2) is 12.8 Å². The molecule has 7 nitrogen and oxygen atoms in total. The van der Waals surface area contributed by atoms with E-state index in [1.807, 2.05) is 0 Å². The number of nitrogens with zero attached hydrogens (tertiary/aromatic N) is 1. The van der Waals surface area contributed by atoms with Gasteiger partial charge in [0.25, 0.3) is 0 Å². The van der Waals surface area contributed by atoms with Crippen LogP contribution in [0.15, 0.2) is 41.3 Å². The van der Waals surface area contributed by atoms with Gasteiger partial charge in [-0.1, -0.05) is 0 Å². The monoisotopic (exact) mass is 423 g/mol. The number of ether oxygens (including phenoxy) is 3. The highest BCUT2D eigenvalue weighted by Crippen LogP contribution is 2.29. The third kappa shape index (κ3) is 4.23. The van der Waals surface area contributed by atoms with E-state index in [4.69, 9.17) is 14.2 Å². The number of quaternary nitrogens is 1. The number of piperazine rings is 1. The molecular weight excluding hydrogens is 399 g/mol. The fourth-order valence-electron chi connectivity index (χ4n) is 3.77. The highest BCUT2D eigenvalue weighted by Gasteiger charge is 2.31. The molecule has 2 aliphatic rings. The SMILES string of the molecule is COc1ccc(S(=O)(=O)N2CC[NH+](Cc3cc(F)cc4c3OCOC4)CC2)cc1. The summed E-state index contributed by atoms with van der Waals surface area (Å²) in [6.07, 6.45) is 0. The minimum absolute atomic E-state index is 0.162. The molecule has 156 valence electrons. The van der Waals surface area contributed by atoms with E-state index in [0.29, 0.717) is 56.4 Å². The first kappa shape index (κ1) is 20.1. The molecule has 0 aromatic heterocycles. The van der Waals surface area contributed by atoms with Gasteiger partial charge in [0.2, 0.25) is 10.0 Å². The minimum Gasteiger partial charge on any atom is -0.497 e. The second-order valence-corrected chi connectivity index (χ2v) is 9.11. The zero-order valence-electron chi connectivity index (χ0n) is 16.2. The molecule has 2 aromatic carbocycles. The molecule has 0 unspecified atom stereocenters. The summed E-state index contributed by atoms with van der Waals surface area (Å²) in [6.45, 7) is 3.17. The van der Waals surface area contributed by atoms with Crippen LogP contribution in [-0.2, 0) is 27.9 Å². The smallest absolute Gasteiger partial charge is 0.243 e. The number of hydrogen-bond donors (Lipinski definition) is 1. The molecule has 0 spiro atoms. The first-order valence-corrected chi connectivity index (χ1v) is 10.9. The molecule has 1 saturated heterocycles. The average molecular weight is 423 g/mol. The fraction of sp³-hybridized carbons (Fsp3) is 0.400. The zero-order chi connectivity index (χ0) is 20.4. The van der Waals surface area contributed by atoms with Crippen LogP contribution in [0.4, 0.5) is 4.39 Å². The Bertz CT molecular complexity index is 973. The number of halogens is 1. The molecule has 1 fully saturated rings. The number of benzene rings is 2. The van der Waals surface area contributed by atoms with E-state index in [0.717, 1.165) is 5.56 Å². The van der Waals surface area contributed by atoms with E-state index in [9.17, 15) is 12.8 Å². The maximum Gasteiger partial charge on any atom is 0.243 e. The van der Waals surface area contributed by atoms with Crippen LogP contribution in [0.25, 0.3) is 0 Å². The van der Waals surface area contributed by atoms with Gasteiger partial charge < -0.3 is 19.1 Å². The van der Waals surface area contributed by atoms with Gasteiger partial charge in [0, 0.05) is 5.56 Å². The largest absolute Gasteiger partial charge is 0.497 e. The van der Waals surface area contributed by atoms with Crippen molar-refractivity contribution in [2.24, 2.45) is 0 Å². The Morgan fingerprint density at radius 1 is 1.17 bits per heavy atom. The van der Waals surface area contributed by atoms with Crippen LogP contribution in [0, 0.1) is 5.82 Å². The second kappa shape index (κ2) is 8.27. The number of hydrogen-bond acceptors (Lipinski definition) is 5. The van der Waals surface area contributed by atoms with E-state index >= 15 is 0 Å². The highest BCUT2D eigenvalue weighted by molar-refractivity contribution is 7.89. The second-order valence-electron chi connectivity index (χ2n) is 7.17. The van der Waals surface area contributed by atoms with Crippen molar-refractivity contribution in [1.82, 2.24) is 4.31 Å². The molecular formula is C20H24FN2O5S+. The quantitative estimate of drug-likeness (QED) is 0.770. The van der Waals surface area contributed by atoms with Crippen LogP contribution in [0.1, 0.15) is 11.1 Å². The molecule has 0 saturated carbocycles. The molecule has 0 atom stereocenters. The summed E-state index contributed by atoms with van der Waals surface area (Å²) in [4.78, 5) is 1.45. The van der Waals surface area contributed by atoms with Crippen molar-refractivity contribution in [2.45, 2.75) is 18.0 Å². The lowest BCUT2D eigenvalue weighted by atomic mass is 10.1. The maximum atomic E-state index is 14.0. The summed E-state index contributed by atoms with van der Waals surface area (Å²) >= 11 is 0. The maximum absolute atomic E-state index is 14.0. The van der Waals surface area contributed by atoms with Gasteiger partial charge in [0.05, 0.1) is 50.4 Å². The number of nitrogens with one attached hydrogen (secondary N) is 1. The van der Waals surface area contributed by atoms with Crippen molar-refractivity contribution in [3.8, 4) is 11.5 Å². The van der Waals surface area contributed by atoms with Crippen LogP contribution in [0.5, 0.6) is 11.5 Å². The lowest BCUT2D eigenvalue weighted by Crippen LogP contribution is -3.13. The summed E-state index contributed by atoms with van der Waals surface area (Å²) in [5.41, 5.74) is 1.51. The molecule has 1 N–H and O–H groups in total. The van der Waals surface area contributed by atoms with Crippen molar-refractivity contribution in [2.75, 3.05) is 40.1 Å². The molecule has 29 heavy (non-hydrogen) atoms. The van der Waals surface area contributed by atoms with Crippen LogP contribution < -0.4 is 14.4 Å². The van der Waals surface area contributed by atoms with Crippen molar-refractivity contribution in [3.63, 3.8) is 0 Å². The summed E-state index contributed by atoms with van der Waals surface area (Å²) in [5, 5.41) is 0. The van der Waals surface area contributed by atoms with E-state index < -0.39 is 10.0 Å². The molecule has 9 heteroatoms. The predicted octanol–water partition coefficient (Wildman–Crippen LogP) is 0.790. The van der Waals surface area contributed by atoms with E-state index in [1.54, 1.807) is 31.4 Å². The Kier molecular flexibility index (Phi) is 5.73. The van der Waals surface area contributed by atoms with Crippen LogP contribution in [0.3, 0.4) is 0 Å². The van der Waals surface area contributed by atoms with Gasteiger partial charge >= 0.3 is 0 Å². The van der Waals surface area contributed by atoms with E-state index in [-0.39, 0.29) is 17.5 Å². The molecule has 2 aromatic rings. The Balaban J connectivity index is 1.43. The normalized spacial score (nSPS) is 18.1. The minimum atomic E-state index is -3.54. The number of sulfonamides is 1. The lowest BCUT2D eigenvalue weighted by molar-refractivity contribution is -0.917. The van der Waals surface area contributed by atoms with Crippen molar-refractivity contribution >= 4 is 10.0 Å². The molecule has 0 radical (unpaired) electrons. The number of fused-ring (bicyclic) bond motifs is 1. The Morgan fingerprint density at radius 3 is 2.59 bits per heavy atom. The Hall–Kier alpha value is -2.20. The lowest BCUT2D eigenvalue weighted by Gasteiger charge is -2.32. The molecule has 0 bridgehead atoms. The molecule has 4 rings (SSSR count). The summed E-state index contributed by atoms with van der Waals surface area (Å²) in [5.74, 6) is 0.996. The first-order valence-electron chi connectivity index (χ1n) is 9.47. The summed E-state index contributed by atoms with van der Waals surface area (Å²) < 4.78 is 57.1. The van der Waals surface area contributed by atoms with Gasteiger partial charge in [0.15, 0.2) is 6.79 Å². The van der Waals surface area contributed by atoms with Gasteiger partial charge in [-0.05, 0) is 36.4 Å². The molecule has 0 aliphatic carbocycles. The third-order valence-corrected chi connectivity index (χ3v) is 7.23. The number of rotatable bonds is 5. The van der Waals surface area contributed by atoms with E-state index in [1.165, 1.54) is 21.3 Å². The predicted molar refractivity (Wildman–Crippen MR) is 103 cm³/mol. The fourth-order valence-corrected chi connectivity index (χ4v) is 5.22. The topological polar surface area (TPSA) is 69.5 Å². The summed E-state index contributed by atoms with van der Waals surface area (Å²) in [6, 6.07) is 9.35. The molecule has 2 heterocycles. The number of methoxy groups -OCH3 is 1. The highest BCUT2D eigenvalue weighted by atomic mass is 32.2. The van der Waals surface area contributed by atoms with Crippen LogP contribution in [0.2, 0.25) is 0 Å². The summed E-state index contributed by atoms with van der Waals surface area (Å²) in [7, 11) is -2.00. The molecule has 0 amide bonds.